The number of aliphatic hydroxyl groups excluding tert-OH is 4. The minimum Gasteiger partial charge on any atom is -0.461 e. The number of aliphatic hydroxyl groups is 5. The normalized spacial score (nSPS) is 52.5. The van der Waals surface area contributed by atoms with Crippen molar-refractivity contribution in [2.24, 2.45) is 11.3 Å². The highest BCUT2D eigenvalue weighted by molar-refractivity contribution is 5.89. The Morgan fingerprint density at radius 1 is 1.12 bits per heavy atom. The largest absolute Gasteiger partial charge is 0.461 e. The summed E-state index contributed by atoms with van der Waals surface area (Å²) < 4.78 is 29.7. The molecule has 0 amide bonds. The van der Waals surface area contributed by atoms with Crippen LogP contribution in [0.3, 0.4) is 0 Å². The lowest BCUT2D eigenvalue weighted by Crippen LogP contribution is -2.80. The zero-order chi connectivity index (χ0) is 24.1. The summed E-state index contributed by atoms with van der Waals surface area (Å²) >= 11 is 0. The molecule has 34 heavy (non-hydrogen) atoms. The molecule has 7 aliphatic rings. The molecule has 0 spiro atoms. The number of rotatable bonds is 6. The monoisotopic (exact) mass is 480 g/mol. The van der Waals surface area contributed by atoms with Gasteiger partial charge in [-0.05, 0) is 25.5 Å². The molecular weight excluding hydrogens is 452 g/mol. The van der Waals surface area contributed by atoms with Crippen LogP contribution in [0.15, 0.2) is 30.3 Å². The van der Waals surface area contributed by atoms with Crippen molar-refractivity contribution in [2.45, 2.75) is 73.8 Å². The fraction of sp³-hybridized carbons (Fsp3) is 0.696. The third kappa shape index (κ3) is 2.59. The van der Waals surface area contributed by atoms with Crippen molar-refractivity contribution in [2.75, 3.05) is 13.2 Å². The van der Waals surface area contributed by atoms with Crippen LogP contribution < -0.4 is 0 Å². The minimum atomic E-state index is -1.61. The standard InChI is InChI=1S/C23H28O11/c1-20-9-22(29)13-7-23(20,32-18-16(27)15(26)14(25)12(8-24)31-18)21(13,19(33-20)34-22)10-30-17(28)11-5-3-2-4-6-11/h2-6,12-16,18-19,24-27,29H,7-10H2,1H3/t12-,13-,14-,15+,16-,18+,19-,20+,21-,22-,23+/m1/s1. The second kappa shape index (κ2) is 7.19. The Morgan fingerprint density at radius 3 is 2.56 bits per heavy atom. The van der Waals surface area contributed by atoms with Gasteiger partial charge >= 0.3 is 5.97 Å². The van der Waals surface area contributed by atoms with Gasteiger partial charge in [-0.1, -0.05) is 18.2 Å². The maximum atomic E-state index is 12.7. The van der Waals surface area contributed by atoms with Crippen molar-refractivity contribution in [3.63, 3.8) is 0 Å². The minimum absolute atomic E-state index is 0.0902. The summed E-state index contributed by atoms with van der Waals surface area (Å²) in [5, 5.41) is 51.7. The first-order valence-electron chi connectivity index (χ1n) is 11.4. The first-order chi connectivity index (χ1) is 16.1. The van der Waals surface area contributed by atoms with Crippen LogP contribution in [0.4, 0.5) is 0 Å². The summed E-state index contributed by atoms with van der Waals surface area (Å²) in [6.07, 6.45) is -7.87. The van der Waals surface area contributed by atoms with Gasteiger partial charge < -0.3 is 49.2 Å². The maximum Gasteiger partial charge on any atom is 0.338 e. The van der Waals surface area contributed by atoms with Gasteiger partial charge in [0.2, 0.25) is 0 Å². The Labute approximate surface area is 194 Å². The van der Waals surface area contributed by atoms with Crippen molar-refractivity contribution < 1.29 is 54.0 Å². The highest BCUT2D eigenvalue weighted by Crippen LogP contribution is 2.81. The Kier molecular flexibility index (Phi) is 4.81. The van der Waals surface area contributed by atoms with Gasteiger partial charge in [-0.2, -0.15) is 0 Å². The second-order valence-corrected chi connectivity index (χ2v) is 10.2. The fourth-order valence-electron chi connectivity index (χ4n) is 6.87. The average molecular weight is 480 g/mol. The molecule has 4 aliphatic heterocycles. The number of carbonyl (C=O) groups excluding carboxylic acids is 1. The van der Waals surface area contributed by atoms with Crippen LogP contribution in [0.2, 0.25) is 0 Å². The van der Waals surface area contributed by atoms with Crippen LogP contribution >= 0.6 is 0 Å². The summed E-state index contributed by atoms with van der Waals surface area (Å²) in [4.78, 5) is 12.7. The Morgan fingerprint density at radius 2 is 1.85 bits per heavy atom. The van der Waals surface area contributed by atoms with E-state index in [1.807, 2.05) is 0 Å². The van der Waals surface area contributed by atoms with Crippen LogP contribution in [-0.4, -0.2) is 98.7 Å². The van der Waals surface area contributed by atoms with Crippen LogP contribution in [0.5, 0.6) is 0 Å². The molecule has 3 saturated carbocycles. The number of carbonyl (C=O) groups is 1. The van der Waals surface area contributed by atoms with E-state index in [0.717, 1.165) is 0 Å². The number of hydrogen-bond donors (Lipinski definition) is 5. The quantitative estimate of drug-likeness (QED) is 0.306. The zero-order valence-electron chi connectivity index (χ0n) is 18.4. The molecule has 0 unspecified atom stereocenters. The molecule has 0 radical (unpaired) electrons. The maximum absolute atomic E-state index is 12.7. The van der Waals surface area contributed by atoms with E-state index in [1.54, 1.807) is 37.3 Å². The first kappa shape index (κ1) is 22.8. The predicted octanol–water partition coefficient (Wildman–Crippen LogP) is -1.36. The number of ether oxygens (including phenoxy) is 5. The molecule has 1 aromatic carbocycles. The smallest absolute Gasteiger partial charge is 0.338 e. The molecule has 3 aliphatic carbocycles. The van der Waals surface area contributed by atoms with E-state index >= 15 is 0 Å². The SMILES string of the molecule is C[C@@]12C[C@@]3(O)O[C@@H](O1)[C@@]1(COC(=O)c4ccccc4)[C@H]3C[C@@]12O[C@@H]1O[C@H](CO)[C@@H](O)[C@H](O)[C@H]1O. The van der Waals surface area contributed by atoms with Crippen molar-refractivity contribution >= 4 is 5.97 Å². The molecule has 11 nitrogen and oxygen atoms in total. The van der Waals surface area contributed by atoms with Crippen LogP contribution in [0.1, 0.15) is 30.1 Å². The molecule has 8 rings (SSSR count). The van der Waals surface area contributed by atoms with Crippen molar-refractivity contribution in [3.8, 4) is 0 Å². The summed E-state index contributed by atoms with van der Waals surface area (Å²) in [6.45, 7) is 0.985. The summed E-state index contributed by atoms with van der Waals surface area (Å²) in [5.41, 5.74) is -2.99. The van der Waals surface area contributed by atoms with E-state index in [9.17, 15) is 30.3 Å². The predicted molar refractivity (Wildman–Crippen MR) is 109 cm³/mol. The lowest BCUT2D eigenvalue weighted by molar-refractivity contribution is -0.424. The molecule has 5 N–H and O–H groups in total. The van der Waals surface area contributed by atoms with E-state index in [1.165, 1.54) is 0 Å². The summed E-state index contributed by atoms with van der Waals surface area (Å²) in [5.74, 6) is -2.49. The lowest BCUT2D eigenvalue weighted by atomic mass is 9.41. The molecule has 7 fully saturated rings. The van der Waals surface area contributed by atoms with E-state index in [-0.39, 0.29) is 19.4 Å². The molecule has 186 valence electrons. The topological polar surface area (TPSA) is 164 Å². The molecule has 4 heterocycles. The van der Waals surface area contributed by atoms with Crippen molar-refractivity contribution in [3.05, 3.63) is 35.9 Å². The average Bonchev–Trinajstić information content (AvgIpc) is 3.00. The molecule has 11 atom stereocenters. The Balaban J connectivity index is 1.32. The summed E-state index contributed by atoms with van der Waals surface area (Å²) in [7, 11) is 0. The molecule has 6 bridgehead atoms. The number of esters is 1. The van der Waals surface area contributed by atoms with Crippen molar-refractivity contribution in [1.82, 2.24) is 0 Å². The van der Waals surface area contributed by atoms with Crippen LogP contribution in [-0.2, 0) is 23.7 Å². The van der Waals surface area contributed by atoms with E-state index < -0.39 is 77.9 Å². The number of benzene rings is 1. The highest BCUT2D eigenvalue weighted by atomic mass is 16.8. The van der Waals surface area contributed by atoms with Crippen molar-refractivity contribution in [1.29, 1.82) is 0 Å². The van der Waals surface area contributed by atoms with Gasteiger partial charge in [0, 0.05) is 12.3 Å². The van der Waals surface area contributed by atoms with Gasteiger partial charge in [0.15, 0.2) is 18.4 Å². The molecule has 4 saturated heterocycles. The van der Waals surface area contributed by atoms with Gasteiger partial charge in [0.1, 0.15) is 42.2 Å². The fourth-order valence-corrected chi connectivity index (χ4v) is 6.87. The van der Waals surface area contributed by atoms with E-state index in [2.05, 4.69) is 0 Å². The van der Waals surface area contributed by atoms with Gasteiger partial charge in [0.25, 0.3) is 0 Å². The van der Waals surface area contributed by atoms with Gasteiger partial charge in [-0.15, -0.1) is 0 Å². The van der Waals surface area contributed by atoms with Gasteiger partial charge in [0.05, 0.1) is 17.6 Å². The third-order valence-corrected chi connectivity index (χ3v) is 8.57. The van der Waals surface area contributed by atoms with Gasteiger partial charge in [-0.25, -0.2) is 4.79 Å². The summed E-state index contributed by atoms with van der Waals surface area (Å²) in [6, 6.07) is 8.47. The molecule has 0 aromatic heterocycles. The molecular formula is C23H28O11. The zero-order valence-corrected chi connectivity index (χ0v) is 18.4. The van der Waals surface area contributed by atoms with E-state index in [0.29, 0.717) is 5.56 Å². The van der Waals surface area contributed by atoms with E-state index in [4.69, 9.17) is 23.7 Å². The lowest BCUT2D eigenvalue weighted by Gasteiger charge is -2.67. The molecule has 1 aromatic rings. The number of hydrogen-bond acceptors (Lipinski definition) is 11. The van der Waals surface area contributed by atoms with Crippen LogP contribution in [0, 0.1) is 11.3 Å². The first-order valence-corrected chi connectivity index (χ1v) is 11.4. The second-order valence-electron chi connectivity index (χ2n) is 10.2. The van der Waals surface area contributed by atoms with Crippen LogP contribution in [0.25, 0.3) is 0 Å². The van der Waals surface area contributed by atoms with Gasteiger partial charge in [-0.3, -0.25) is 0 Å². The Hall–Kier alpha value is -1.67. The Bertz CT molecular complexity index is 988. The highest BCUT2D eigenvalue weighted by Gasteiger charge is 2.94. The molecule has 11 heteroatoms. The third-order valence-electron chi connectivity index (χ3n) is 8.57.